The highest BCUT2D eigenvalue weighted by molar-refractivity contribution is 5.85. The van der Waals surface area contributed by atoms with Gasteiger partial charge in [0.15, 0.2) is 0 Å². The lowest BCUT2D eigenvalue weighted by molar-refractivity contribution is -0.143. The minimum Gasteiger partial charge on any atom is -0.480 e. The molecule has 1 aliphatic carbocycles. The maximum absolute atomic E-state index is 12.7. The Bertz CT molecular complexity index is 608. The summed E-state index contributed by atoms with van der Waals surface area (Å²) < 4.78 is 0. The summed E-state index contributed by atoms with van der Waals surface area (Å²) in [6, 6.07) is 7.92. The van der Waals surface area contributed by atoms with Crippen molar-refractivity contribution in [2.45, 2.75) is 44.2 Å². The minimum atomic E-state index is -0.819. The lowest BCUT2D eigenvalue weighted by atomic mass is 9.87. The molecule has 1 aromatic rings. The highest BCUT2D eigenvalue weighted by Gasteiger charge is 2.34. The number of likely N-dealkylation sites (tertiary alicyclic amines) is 1. The normalized spacial score (nSPS) is 23.2. The first kappa shape index (κ1) is 18.7. The molecule has 1 heterocycles. The molecular formula is C18H25ClN2O3. The number of carboxylic acid groups (broad SMARTS) is 1. The maximum Gasteiger partial charge on any atom is 0.320 e. The SMILES string of the molecule is CN(C(=O)CN1CCC[C@@H]1C(=O)O)C1CCCc2ccccc21.Cl. The largest absolute Gasteiger partial charge is 0.480 e. The van der Waals surface area contributed by atoms with Gasteiger partial charge in [0.05, 0.1) is 12.6 Å². The van der Waals surface area contributed by atoms with Crippen LogP contribution in [0, 0.1) is 0 Å². The highest BCUT2D eigenvalue weighted by atomic mass is 35.5. The first-order valence-electron chi connectivity index (χ1n) is 8.38. The van der Waals surface area contributed by atoms with Crippen molar-refractivity contribution in [3.63, 3.8) is 0 Å². The van der Waals surface area contributed by atoms with E-state index in [0.717, 1.165) is 25.7 Å². The molecule has 1 fully saturated rings. The molecule has 1 aliphatic heterocycles. The van der Waals surface area contributed by atoms with Crippen LogP contribution in [0.25, 0.3) is 0 Å². The maximum atomic E-state index is 12.7. The van der Waals surface area contributed by atoms with E-state index in [4.69, 9.17) is 0 Å². The number of nitrogens with zero attached hydrogens (tertiary/aromatic N) is 2. The Hall–Kier alpha value is -1.59. The van der Waals surface area contributed by atoms with Gasteiger partial charge >= 0.3 is 5.97 Å². The molecule has 1 saturated heterocycles. The van der Waals surface area contributed by atoms with E-state index < -0.39 is 12.0 Å². The topological polar surface area (TPSA) is 60.9 Å². The molecule has 24 heavy (non-hydrogen) atoms. The van der Waals surface area contributed by atoms with Gasteiger partial charge in [0.2, 0.25) is 5.91 Å². The monoisotopic (exact) mass is 352 g/mol. The van der Waals surface area contributed by atoms with Crippen LogP contribution in [-0.2, 0) is 16.0 Å². The first-order valence-corrected chi connectivity index (χ1v) is 8.38. The van der Waals surface area contributed by atoms with Crippen LogP contribution in [0.15, 0.2) is 24.3 Å². The second kappa shape index (κ2) is 7.99. The quantitative estimate of drug-likeness (QED) is 0.904. The number of amides is 1. The van der Waals surface area contributed by atoms with Crippen molar-refractivity contribution in [3.05, 3.63) is 35.4 Å². The van der Waals surface area contributed by atoms with Gasteiger partial charge in [-0.05, 0) is 49.8 Å². The molecule has 0 radical (unpaired) electrons. The van der Waals surface area contributed by atoms with Gasteiger partial charge in [0, 0.05) is 7.05 Å². The van der Waals surface area contributed by atoms with E-state index in [0.29, 0.717) is 13.0 Å². The van der Waals surface area contributed by atoms with Gasteiger partial charge in [0.25, 0.3) is 0 Å². The number of carboxylic acids is 1. The molecule has 0 bridgehead atoms. The summed E-state index contributed by atoms with van der Waals surface area (Å²) in [5.74, 6) is -0.805. The zero-order valence-electron chi connectivity index (χ0n) is 14.0. The van der Waals surface area contributed by atoms with Crippen LogP contribution in [0.4, 0.5) is 0 Å². The van der Waals surface area contributed by atoms with Gasteiger partial charge in [-0.2, -0.15) is 0 Å². The third-order valence-corrected chi connectivity index (χ3v) is 5.19. The van der Waals surface area contributed by atoms with Crippen LogP contribution < -0.4 is 0 Å². The highest BCUT2D eigenvalue weighted by Crippen LogP contribution is 2.33. The van der Waals surface area contributed by atoms with Crippen molar-refractivity contribution in [1.29, 1.82) is 0 Å². The fourth-order valence-corrected chi connectivity index (χ4v) is 3.88. The lowest BCUT2D eigenvalue weighted by Crippen LogP contribution is -2.44. The average molecular weight is 353 g/mol. The number of aliphatic carboxylic acids is 1. The van der Waals surface area contributed by atoms with Crippen molar-refractivity contribution in [3.8, 4) is 0 Å². The van der Waals surface area contributed by atoms with Gasteiger partial charge in [0.1, 0.15) is 6.04 Å². The van der Waals surface area contributed by atoms with Gasteiger partial charge in [-0.15, -0.1) is 12.4 Å². The van der Waals surface area contributed by atoms with Crippen LogP contribution >= 0.6 is 12.4 Å². The van der Waals surface area contributed by atoms with Gasteiger partial charge in [-0.25, -0.2) is 0 Å². The second-order valence-corrected chi connectivity index (χ2v) is 6.58. The van der Waals surface area contributed by atoms with Crippen LogP contribution in [0.2, 0.25) is 0 Å². The summed E-state index contributed by atoms with van der Waals surface area (Å²) in [4.78, 5) is 27.5. The molecule has 3 rings (SSSR count). The number of carbonyl (C=O) groups is 2. The molecule has 0 saturated carbocycles. The number of aryl methyl sites for hydroxylation is 1. The summed E-state index contributed by atoms with van der Waals surface area (Å²) in [5, 5.41) is 9.25. The van der Waals surface area contributed by atoms with E-state index in [1.54, 1.807) is 4.90 Å². The van der Waals surface area contributed by atoms with Gasteiger partial charge in [-0.1, -0.05) is 24.3 Å². The standard InChI is InChI=1S/C18H24N2O3.ClH/c1-19(15-9-4-7-13-6-2-3-8-14(13)15)17(21)12-20-11-5-10-16(20)18(22)23;/h2-3,6,8,15-16H,4-5,7,9-12H2,1H3,(H,22,23);1H/t15?,16-;/m1./s1. The molecule has 6 heteroatoms. The van der Waals surface area contributed by atoms with E-state index >= 15 is 0 Å². The van der Waals surface area contributed by atoms with Crippen LogP contribution in [-0.4, -0.2) is 53.0 Å². The van der Waals surface area contributed by atoms with E-state index in [9.17, 15) is 14.7 Å². The Labute approximate surface area is 149 Å². The minimum absolute atomic E-state index is 0. The van der Waals surface area contributed by atoms with Crippen LogP contribution in [0.3, 0.4) is 0 Å². The van der Waals surface area contributed by atoms with Gasteiger partial charge < -0.3 is 10.0 Å². The molecule has 1 aromatic carbocycles. The van der Waals surface area contributed by atoms with E-state index in [1.807, 2.05) is 24.1 Å². The summed E-state index contributed by atoms with van der Waals surface area (Å²) in [7, 11) is 1.85. The predicted molar refractivity (Wildman–Crippen MR) is 94.4 cm³/mol. The molecule has 1 unspecified atom stereocenters. The van der Waals surface area contributed by atoms with Crippen LogP contribution in [0.1, 0.15) is 42.9 Å². The summed E-state index contributed by atoms with van der Waals surface area (Å²) in [6.07, 6.45) is 4.61. The molecule has 1 N–H and O–H groups in total. The zero-order valence-corrected chi connectivity index (χ0v) is 14.8. The van der Waals surface area contributed by atoms with Crippen LogP contribution in [0.5, 0.6) is 0 Å². The Kier molecular flexibility index (Phi) is 6.24. The fourth-order valence-electron chi connectivity index (χ4n) is 3.88. The lowest BCUT2D eigenvalue weighted by Gasteiger charge is -2.34. The molecular weight excluding hydrogens is 328 g/mol. The van der Waals surface area contributed by atoms with Crippen molar-refractivity contribution >= 4 is 24.3 Å². The summed E-state index contributed by atoms with van der Waals surface area (Å²) in [6.45, 7) is 0.893. The third-order valence-electron chi connectivity index (χ3n) is 5.19. The fraction of sp³-hybridized carbons (Fsp3) is 0.556. The number of carbonyl (C=O) groups excluding carboxylic acids is 1. The smallest absolute Gasteiger partial charge is 0.320 e. The molecule has 5 nitrogen and oxygen atoms in total. The van der Waals surface area contributed by atoms with Crippen molar-refractivity contribution in [2.24, 2.45) is 0 Å². The number of benzene rings is 1. The molecule has 1 amide bonds. The average Bonchev–Trinajstić information content (AvgIpc) is 3.02. The molecule has 2 atom stereocenters. The van der Waals surface area contributed by atoms with Gasteiger partial charge in [-0.3, -0.25) is 14.5 Å². The van der Waals surface area contributed by atoms with E-state index in [1.165, 1.54) is 11.1 Å². The second-order valence-electron chi connectivity index (χ2n) is 6.58. The molecule has 0 aromatic heterocycles. The Balaban J connectivity index is 0.00000208. The Morgan fingerprint density at radius 3 is 2.75 bits per heavy atom. The van der Waals surface area contributed by atoms with Crippen molar-refractivity contribution in [1.82, 2.24) is 9.80 Å². The number of hydrogen-bond acceptors (Lipinski definition) is 3. The summed E-state index contributed by atoms with van der Waals surface area (Å²) >= 11 is 0. The zero-order chi connectivity index (χ0) is 16.4. The molecule has 132 valence electrons. The Morgan fingerprint density at radius 1 is 1.25 bits per heavy atom. The number of likely N-dealkylation sites (N-methyl/N-ethyl adjacent to an activating group) is 1. The summed E-state index contributed by atoms with van der Waals surface area (Å²) in [5.41, 5.74) is 2.57. The Morgan fingerprint density at radius 2 is 2.00 bits per heavy atom. The molecule has 2 aliphatic rings. The number of hydrogen-bond donors (Lipinski definition) is 1. The van der Waals surface area contributed by atoms with Crippen molar-refractivity contribution < 1.29 is 14.7 Å². The number of fused-ring (bicyclic) bond motifs is 1. The predicted octanol–water partition coefficient (Wildman–Crippen LogP) is 2.49. The van der Waals surface area contributed by atoms with Crippen molar-refractivity contribution in [2.75, 3.05) is 20.1 Å². The number of halogens is 1. The molecule has 0 spiro atoms. The third kappa shape index (κ3) is 3.73. The van der Waals surface area contributed by atoms with E-state index in [2.05, 4.69) is 12.1 Å². The first-order chi connectivity index (χ1) is 11.1. The van der Waals surface area contributed by atoms with E-state index in [-0.39, 0.29) is 30.9 Å². The number of rotatable bonds is 4.